The third kappa shape index (κ3) is 3.30. The number of amides is 1. The molecular formula is C19H20N2O3. The Bertz CT molecular complexity index is 722. The number of hydrogen-bond acceptors (Lipinski definition) is 4. The molecule has 1 fully saturated rings. The molecule has 2 heterocycles. The Kier molecular flexibility index (Phi) is 4.89. The summed E-state index contributed by atoms with van der Waals surface area (Å²) in [5.74, 6) is 0.393. The quantitative estimate of drug-likeness (QED) is 0.812. The van der Waals surface area contributed by atoms with Crippen LogP contribution in [0.5, 0.6) is 5.88 Å². The summed E-state index contributed by atoms with van der Waals surface area (Å²) in [5.41, 5.74) is 1.21. The monoisotopic (exact) mass is 324 g/mol. The van der Waals surface area contributed by atoms with Gasteiger partial charge in [0.05, 0.1) is 7.11 Å². The molecule has 1 amide bonds. The summed E-state index contributed by atoms with van der Waals surface area (Å²) in [6.45, 7) is 1.14. The molecule has 1 aromatic heterocycles. The topological polar surface area (TPSA) is 59.5 Å². The van der Waals surface area contributed by atoms with Gasteiger partial charge < -0.3 is 9.64 Å². The number of carbonyl (C=O) groups is 2. The van der Waals surface area contributed by atoms with E-state index in [1.54, 1.807) is 23.2 Å². The average molecular weight is 324 g/mol. The number of piperidine rings is 1. The Morgan fingerprint density at radius 2 is 1.79 bits per heavy atom. The van der Waals surface area contributed by atoms with E-state index < -0.39 is 0 Å². The van der Waals surface area contributed by atoms with E-state index in [9.17, 15) is 9.59 Å². The van der Waals surface area contributed by atoms with Crippen LogP contribution in [-0.2, 0) is 0 Å². The minimum Gasteiger partial charge on any atom is -0.480 e. The summed E-state index contributed by atoms with van der Waals surface area (Å²) >= 11 is 0. The zero-order chi connectivity index (χ0) is 16.9. The first-order valence-electron chi connectivity index (χ1n) is 8.08. The van der Waals surface area contributed by atoms with Crippen molar-refractivity contribution in [1.29, 1.82) is 0 Å². The molecule has 1 saturated heterocycles. The highest BCUT2D eigenvalue weighted by molar-refractivity contribution is 5.99. The lowest BCUT2D eigenvalue weighted by atomic mass is 9.88. The van der Waals surface area contributed by atoms with Gasteiger partial charge in [-0.25, -0.2) is 4.98 Å². The van der Waals surface area contributed by atoms with Gasteiger partial charge in [0.15, 0.2) is 5.78 Å². The van der Waals surface area contributed by atoms with Crippen molar-refractivity contribution >= 4 is 11.7 Å². The summed E-state index contributed by atoms with van der Waals surface area (Å²) in [5, 5.41) is 0. The van der Waals surface area contributed by atoms with E-state index in [0.29, 0.717) is 37.4 Å². The molecule has 24 heavy (non-hydrogen) atoms. The molecule has 124 valence electrons. The zero-order valence-electron chi connectivity index (χ0n) is 13.6. The number of ketones is 1. The molecule has 0 N–H and O–H groups in total. The molecule has 0 atom stereocenters. The highest BCUT2D eigenvalue weighted by Crippen LogP contribution is 2.24. The number of hydrogen-bond donors (Lipinski definition) is 0. The van der Waals surface area contributed by atoms with Crippen LogP contribution in [0.3, 0.4) is 0 Å². The fourth-order valence-corrected chi connectivity index (χ4v) is 3.07. The van der Waals surface area contributed by atoms with Gasteiger partial charge in [-0.2, -0.15) is 0 Å². The van der Waals surface area contributed by atoms with Crippen LogP contribution >= 0.6 is 0 Å². The third-order valence-electron chi connectivity index (χ3n) is 4.41. The highest BCUT2D eigenvalue weighted by Gasteiger charge is 2.29. The van der Waals surface area contributed by atoms with Gasteiger partial charge in [-0.3, -0.25) is 9.59 Å². The third-order valence-corrected chi connectivity index (χ3v) is 4.41. The first-order valence-corrected chi connectivity index (χ1v) is 8.08. The van der Waals surface area contributed by atoms with Gasteiger partial charge in [0.2, 0.25) is 5.88 Å². The number of Topliss-reactive ketones (excluding diaryl/α,β-unsaturated/α-hetero) is 1. The van der Waals surface area contributed by atoms with Gasteiger partial charge >= 0.3 is 0 Å². The molecule has 0 spiro atoms. The molecule has 5 heteroatoms. The van der Waals surface area contributed by atoms with E-state index in [-0.39, 0.29) is 17.6 Å². The highest BCUT2D eigenvalue weighted by atomic mass is 16.5. The van der Waals surface area contributed by atoms with Gasteiger partial charge in [0.1, 0.15) is 5.56 Å². The number of rotatable bonds is 4. The van der Waals surface area contributed by atoms with Crippen molar-refractivity contribution in [1.82, 2.24) is 9.88 Å². The first-order chi connectivity index (χ1) is 11.7. The van der Waals surface area contributed by atoms with Crippen molar-refractivity contribution in [3.8, 4) is 5.88 Å². The maximum atomic E-state index is 12.6. The number of carbonyl (C=O) groups excluding carboxylic acids is 2. The number of methoxy groups -OCH3 is 1. The van der Waals surface area contributed by atoms with E-state index >= 15 is 0 Å². The van der Waals surface area contributed by atoms with Gasteiger partial charge in [-0.05, 0) is 25.0 Å². The summed E-state index contributed by atoms with van der Waals surface area (Å²) < 4.78 is 5.16. The Morgan fingerprint density at radius 3 is 2.46 bits per heavy atom. The summed E-state index contributed by atoms with van der Waals surface area (Å²) in [7, 11) is 1.50. The molecule has 0 radical (unpaired) electrons. The molecule has 0 aliphatic carbocycles. The van der Waals surface area contributed by atoms with E-state index in [4.69, 9.17) is 4.74 Å². The normalized spacial score (nSPS) is 15.1. The van der Waals surface area contributed by atoms with Gasteiger partial charge in [0.25, 0.3) is 5.91 Å². The van der Waals surface area contributed by atoms with Crippen LogP contribution in [0.2, 0.25) is 0 Å². The number of ether oxygens (including phenoxy) is 1. The van der Waals surface area contributed by atoms with Crippen molar-refractivity contribution < 1.29 is 14.3 Å². The summed E-state index contributed by atoms with van der Waals surface area (Å²) in [6, 6.07) is 12.8. The smallest absolute Gasteiger partial charge is 0.259 e. The fourth-order valence-electron chi connectivity index (χ4n) is 3.07. The number of pyridine rings is 1. The van der Waals surface area contributed by atoms with Crippen LogP contribution in [0.15, 0.2) is 48.7 Å². The number of benzene rings is 1. The van der Waals surface area contributed by atoms with Crippen LogP contribution in [0.4, 0.5) is 0 Å². The van der Waals surface area contributed by atoms with Gasteiger partial charge in [0, 0.05) is 30.8 Å². The fraction of sp³-hybridized carbons (Fsp3) is 0.316. The lowest BCUT2D eigenvalue weighted by Crippen LogP contribution is -2.40. The van der Waals surface area contributed by atoms with Gasteiger partial charge in [-0.1, -0.05) is 30.3 Å². The van der Waals surface area contributed by atoms with Crippen molar-refractivity contribution in [3.63, 3.8) is 0 Å². The number of aromatic nitrogens is 1. The van der Waals surface area contributed by atoms with Crippen LogP contribution in [0.25, 0.3) is 0 Å². The van der Waals surface area contributed by atoms with E-state index in [1.165, 1.54) is 7.11 Å². The second kappa shape index (κ2) is 7.25. The Balaban J connectivity index is 1.65. The van der Waals surface area contributed by atoms with Crippen LogP contribution < -0.4 is 4.74 Å². The van der Waals surface area contributed by atoms with Crippen LogP contribution in [0, 0.1) is 5.92 Å². The maximum Gasteiger partial charge on any atom is 0.259 e. The molecular weight excluding hydrogens is 304 g/mol. The Morgan fingerprint density at radius 1 is 1.08 bits per heavy atom. The standard InChI is InChI=1S/C19H20N2O3/c1-24-18-16(8-5-11-20-18)19(23)21-12-9-15(10-13-21)17(22)14-6-3-2-4-7-14/h2-8,11,15H,9-10,12-13H2,1H3. The van der Waals surface area contributed by atoms with Crippen LogP contribution in [-0.4, -0.2) is 41.8 Å². The first kappa shape index (κ1) is 16.2. The minimum atomic E-state index is -0.0921. The Hall–Kier alpha value is -2.69. The average Bonchev–Trinajstić information content (AvgIpc) is 2.67. The molecule has 3 rings (SSSR count). The number of nitrogens with zero attached hydrogens (tertiary/aromatic N) is 2. The molecule has 1 aliphatic rings. The molecule has 2 aromatic rings. The Labute approximate surface area is 141 Å². The molecule has 0 saturated carbocycles. The van der Waals surface area contributed by atoms with Crippen molar-refractivity contribution in [2.45, 2.75) is 12.8 Å². The zero-order valence-corrected chi connectivity index (χ0v) is 13.6. The summed E-state index contributed by atoms with van der Waals surface area (Å²) in [6.07, 6.45) is 2.96. The molecule has 5 nitrogen and oxygen atoms in total. The number of likely N-dealkylation sites (tertiary alicyclic amines) is 1. The van der Waals surface area contributed by atoms with Crippen molar-refractivity contribution in [2.24, 2.45) is 5.92 Å². The SMILES string of the molecule is COc1ncccc1C(=O)N1CCC(C(=O)c2ccccc2)CC1. The van der Waals surface area contributed by atoms with E-state index in [0.717, 1.165) is 5.56 Å². The molecule has 0 unspecified atom stereocenters. The largest absolute Gasteiger partial charge is 0.480 e. The van der Waals surface area contributed by atoms with E-state index in [2.05, 4.69) is 4.98 Å². The van der Waals surface area contributed by atoms with Crippen molar-refractivity contribution in [3.05, 3.63) is 59.8 Å². The summed E-state index contributed by atoms with van der Waals surface area (Å²) in [4.78, 5) is 31.0. The lowest BCUT2D eigenvalue weighted by molar-refractivity contribution is 0.0647. The predicted molar refractivity (Wildman–Crippen MR) is 90.2 cm³/mol. The van der Waals surface area contributed by atoms with Gasteiger partial charge in [-0.15, -0.1) is 0 Å². The molecule has 0 bridgehead atoms. The lowest BCUT2D eigenvalue weighted by Gasteiger charge is -2.31. The predicted octanol–water partition coefficient (Wildman–Crippen LogP) is 2.83. The second-order valence-electron chi connectivity index (χ2n) is 5.86. The second-order valence-corrected chi connectivity index (χ2v) is 5.86. The minimum absolute atomic E-state index is 0.0211. The van der Waals surface area contributed by atoms with Crippen molar-refractivity contribution in [2.75, 3.05) is 20.2 Å². The molecule has 1 aromatic carbocycles. The van der Waals surface area contributed by atoms with Crippen LogP contribution in [0.1, 0.15) is 33.6 Å². The molecule has 1 aliphatic heterocycles. The van der Waals surface area contributed by atoms with E-state index in [1.807, 2.05) is 30.3 Å². The maximum absolute atomic E-state index is 12.6.